The molecule has 0 N–H and O–H groups in total. The smallest absolute Gasteiger partial charge is 0.311 e. The molecule has 0 amide bonds. The van der Waals surface area contributed by atoms with Crippen LogP contribution in [0, 0.1) is 10.1 Å². The Hall–Kier alpha value is -1.95. The Morgan fingerprint density at radius 3 is 3.00 bits per heavy atom. The van der Waals surface area contributed by atoms with E-state index in [0.717, 1.165) is 5.56 Å². The molecule has 2 heterocycles. The molecule has 0 aromatic carbocycles. The molecular formula is C11H11N3O2S. The summed E-state index contributed by atoms with van der Waals surface area (Å²) in [5, 5.41) is 14.9. The molecule has 88 valence electrons. The minimum atomic E-state index is -0.410. The van der Waals surface area contributed by atoms with E-state index in [4.69, 9.17) is 0 Å². The van der Waals surface area contributed by atoms with Crippen molar-refractivity contribution in [2.24, 2.45) is 0 Å². The van der Waals surface area contributed by atoms with Crippen molar-refractivity contribution in [3.8, 4) is 0 Å². The topological polar surface area (TPSA) is 59.3 Å². The molecule has 0 spiro atoms. The molecule has 0 saturated carbocycles. The molecule has 0 unspecified atom stereocenters. The van der Waals surface area contributed by atoms with Gasteiger partial charge >= 0.3 is 5.69 Å². The second kappa shape index (κ2) is 4.92. The normalized spacial score (nSPS) is 10.2. The molecule has 0 saturated heterocycles. The molecule has 0 bridgehead atoms. The van der Waals surface area contributed by atoms with Crippen LogP contribution in [0.5, 0.6) is 0 Å². The van der Waals surface area contributed by atoms with Crippen LogP contribution in [-0.4, -0.2) is 17.0 Å². The maximum absolute atomic E-state index is 10.9. The quantitative estimate of drug-likeness (QED) is 0.617. The third-order valence-electron chi connectivity index (χ3n) is 2.32. The van der Waals surface area contributed by atoms with E-state index in [1.165, 1.54) is 6.07 Å². The number of hydrogen-bond donors (Lipinski definition) is 0. The summed E-state index contributed by atoms with van der Waals surface area (Å²) in [6.07, 6.45) is 1.56. The zero-order valence-electron chi connectivity index (χ0n) is 9.24. The minimum absolute atomic E-state index is 0.0326. The molecule has 0 radical (unpaired) electrons. The lowest BCUT2D eigenvalue weighted by Crippen LogP contribution is -2.18. The van der Waals surface area contributed by atoms with Crippen LogP contribution in [0.4, 0.5) is 11.5 Å². The first-order valence-corrected chi connectivity index (χ1v) is 5.94. The molecule has 0 aliphatic carbocycles. The summed E-state index contributed by atoms with van der Waals surface area (Å²) >= 11 is 1.61. The fourth-order valence-corrected chi connectivity index (χ4v) is 2.22. The SMILES string of the molecule is CN(Cc1ccsc1)c1ncccc1[N+](=O)[O-]. The Kier molecular flexibility index (Phi) is 3.34. The van der Waals surface area contributed by atoms with Crippen molar-refractivity contribution in [2.75, 3.05) is 11.9 Å². The van der Waals surface area contributed by atoms with Crippen molar-refractivity contribution >= 4 is 22.8 Å². The summed E-state index contributed by atoms with van der Waals surface area (Å²) in [7, 11) is 1.80. The van der Waals surface area contributed by atoms with E-state index in [0.29, 0.717) is 12.4 Å². The van der Waals surface area contributed by atoms with Crippen LogP contribution in [0.2, 0.25) is 0 Å². The molecule has 0 aliphatic heterocycles. The van der Waals surface area contributed by atoms with Crippen molar-refractivity contribution in [3.05, 3.63) is 50.8 Å². The van der Waals surface area contributed by atoms with Crippen molar-refractivity contribution in [1.29, 1.82) is 0 Å². The minimum Gasteiger partial charge on any atom is -0.350 e. The molecule has 5 nitrogen and oxygen atoms in total. The van der Waals surface area contributed by atoms with Crippen molar-refractivity contribution < 1.29 is 4.92 Å². The Balaban J connectivity index is 2.24. The largest absolute Gasteiger partial charge is 0.350 e. The van der Waals surface area contributed by atoms with Crippen LogP contribution >= 0.6 is 11.3 Å². The average molecular weight is 249 g/mol. The number of nitrogens with zero attached hydrogens (tertiary/aromatic N) is 3. The highest BCUT2D eigenvalue weighted by molar-refractivity contribution is 7.07. The number of thiophene rings is 1. The third-order valence-corrected chi connectivity index (χ3v) is 3.06. The average Bonchev–Trinajstić information content (AvgIpc) is 2.81. The van der Waals surface area contributed by atoms with E-state index in [-0.39, 0.29) is 5.69 Å². The predicted molar refractivity (Wildman–Crippen MR) is 67.3 cm³/mol. The molecule has 0 aliphatic rings. The summed E-state index contributed by atoms with van der Waals surface area (Å²) in [5.41, 5.74) is 1.16. The maximum Gasteiger partial charge on any atom is 0.311 e. The highest BCUT2D eigenvalue weighted by atomic mass is 32.1. The number of nitro groups is 1. The number of anilines is 1. The second-order valence-electron chi connectivity index (χ2n) is 3.59. The standard InChI is InChI=1S/C11H11N3O2S/c1-13(7-9-4-6-17-8-9)11-10(14(15)16)3-2-5-12-11/h2-6,8H,7H2,1H3. The maximum atomic E-state index is 10.9. The first-order chi connectivity index (χ1) is 8.18. The van der Waals surface area contributed by atoms with E-state index < -0.39 is 4.92 Å². The van der Waals surface area contributed by atoms with Gasteiger partial charge in [-0.15, -0.1) is 0 Å². The molecule has 6 heteroatoms. The van der Waals surface area contributed by atoms with E-state index in [1.807, 2.05) is 16.8 Å². The van der Waals surface area contributed by atoms with Gasteiger partial charge in [0, 0.05) is 25.9 Å². The number of aromatic nitrogens is 1. The van der Waals surface area contributed by atoms with Crippen LogP contribution in [0.1, 0.15) is 5.56 Å². The third kappa shape index (κ3) is 2.59. The van der Waals surface area contributed by atoms with E-state index in [2.05, 4.69) is 4.98 Å². The fourth-order valence-electron chi connectivity index (χ4n) is 1.56. The Labute approximate surface area is 102 Å². The van der Waals surface area contributed by atoms with E-state index in [1.54, 1.807) is 35.5 Å². The van der Waals surface area contributed by atoms with Crippen LogP contribution in [0.25, 0.3) is 0 Å². The van der Waals surface area contributed by atoms with Crippen LogP contribution in [-0.2, 0) is 6.54 Å². The Bertz CT molecular complexity index is 513. The Morgan fingerprint density at radius 2 is 2.35 bits per heavy atom. The van der Waals surface area contributed by atoms with Gasteiger partial charge in [0.1, 0.15) is 0 Å². The second-order valence-corrected chi connectivity index (χ2v) is 4.37. The lowest BCUT2D eigenvalue weighted by Gasteiger charge is -2.16. The van der Waals surface area contributed by atoms with Gasteiger partial charge in [0.05, 0.1) is 4.92 Å². The lowest BCUT2D eigenvalue weighted by molar-refractivity contribution is -0.384. The van der Waals surface area contributed by atoms with E-state index in [9.17, 15) is 10.1 Å². The van der Waals surface area contributed by atoms with Crippen molar-refractivity contribution in [1.82, 2.24) is 4.98 Å². The van der Waals surface area contributed by atoms with Gasteiger partial charge in [-0.3, -0.25) is 10.1 Å². The van der Waals surface area contributed by atoms with Crippen LogP contribution in [0.3, 0.4) is 0 Å². The number of rotatable bonds is 4. The van der Waals surface area contributed by atoms with Gasteiger partial charge < -0.3 is 4.90 Å². The number of pyridine rings is 1. The molecule has 2 aromatic rings. The number of hydrogen-bond acceptors (Lipinski definition) is 5. The first kappa shape index (κ1) is 11.5. The zero-order chi connectivity index (χ0) is 12.3. The highest BCUT2D eigenvalue weighted by Crippen LogP contribution is 2.25. The van der Waals surface area contributed by atoms with Gasteiger partial charge in [0.25, 0.3) is 0 Å². The van der Waals surface area contributed by atoms with Crippen LogP contribution in [0.15, 0.2) is 35.2 Å². The summed E-state index contributed by atoms with van der Waals surface area (Å²) in [6, 6.07) is 5.03. The van der Waals surface area contributed by atoms with Gasteiger partial charge in [-0.2, -0.15) is 11.3 Å². The summed E-state index contributed by atoms with van der Waals surface area (Å²) in [6.45, 7) is 0.612. The molecule has 2 rings (SSSR count). The molecule has 17 heavy (non-hydrogen) atoms. The van der Waals surface area contributed by atoms with Crippen molar-refractivity contribution in [2.45, 2.75) is 6.54 Å². The van der Waals surface area contributed by atoms with Crippen molar-refractivity contribution in [3.63, 3.8) is 0 Å². The summed E-state index contributed by atoms with van der Waals surface area (Å²) in [4.78, 5) is 16.3. The van der Waals surface area contributed by atoms with Gasteiger partial charge in [0.15, 0.2) is 0 Å². The molecule has 2 aromatic heterocycles. The van der Waals surface area contributed by atoms with Gasteiger partial charge in [-0.1, -0.05) is 0 Å². The molecule has 0 fully saturated rings. The monoisotopic (exact) mass is 249 g/mol. The van der Waals surface area contributed by atoms with E-state index >= 15 is 0 Å². The summed E-state index contributed by atoms with van der Waals surface area (Å²) < 4.78 is 0. The zero-order valence-corrected chi connectivity index (χ0v) is 10.1. The predicted octanol–water partition coefficient (Wildman–Crippen LogP) is 2.69. The Morgan fingerprint density at radius 1 is 1.53 bits per heavy atom. The molecule has 0 atom stereocenters. The van der Waals surface area contributed by atoms with Gasteiger partial charge in [0.2, 0.25) is 5.82 Å². The fraction of sp³-hybridized carbons (Fsp3) is 0.182. The highest BCUT2D eigenvalue weighted by Gasteiger charge is 2.17. The summed E-state index contributed by atoms with van der Waals surface area (Å²) in [5.74, 6) is 0.392. The lowest BCUT2D eigenvalue weighted by atomic mass is 10.3. The molecular weight excluding hydrogens is 238 g/mol. The van der Waals surface area contributed by atoms with Crippen LogP contribution < -0.4 is 4.90 Å². The first-order valence-electron chi connectivity index (χ1n) is 5.00. The van der Waals surface area contributed by atoms with Gasteiger partial charge in [-0.25, -0.2) is 4.98 Å². The van der Waals surface area contributed by atoms with Gasteiger partial charge in [-0.05, 0) is 28.5 Å².